The number of halogens is 8. The molecule has 0 nitrogen and oxygen atoms in total. The first kappa shape index (κ1) is 50.1. The maximum absolute atomic E-state index is 6.43. The number of hydrogen-bond donors (Lipinski definition) is 0. The van der Waals surface area contributed by atoms with Crippen molar-refractivity contribution in [1.82, 2.24) is 0 Å². The fraction of sp³-hybridized carbons (Fsp3) is 0.408. The van der Waals surface area contributed by atoms with Crippen LogP contribution in [0, 0.1) is 0 Å². The summed E-state index contributed by atoms with van der Waals surface area (Å²) in [7, 11) is 0. The third-order valence-electron chi connectivity index (χ3n) is 11.1. The molecule has 0 heterocycles. The van der Waals surface area contributed by atoms with Gasteiger partial charge >= 0.3 is 378 Å². The molecule has 0 spiro atoms. The predicted octanol–water partition coefficient (Wildman–Crippen LogP) is 9.54. The van der Waals surface area contributed by atoms with Crippen LogP contribution in [0.4, 0.5) is 0 Å². The second-order valence-electron chi connectivity index (χ2n) is 19.7. The first-order chi connectivity index (χ1) is 25.6. The van der Waals surface area contributed by atoms with Crippen LogP contribution < -0.4 is 28.1 Å². The third-order valence-corrected chi connectivity index (χ3v) is 20.4. The maximum Gasteiger partial charge on any atom is -1.00 e. The number of rotatable bonds is 4. The summed E-state index contributed by atoms with van der Waals surface area (Å²) in [6.07, 6.45) is 10.2. The molecule has 4 aromatic rings. The molecule has 0 radical (unpaired) electrons. The second kappa shape index (κ2) is 17.5. The fourth-order valence-corrected chi connectivity index (χ4v) is 18.6. The first-order valence-corrected chi connectivity index (χ1v) is 25.6. The van der Waals surface area contributed by atoms with Crippen molar-refractivity contribution in [1.29, 1.82) is 0 Å². The molecular formula is C49H54Cl8Zr. The summed E-state index contributed by atoms with van der Waals surface area (Å²) in [5, 5.41) is 0. The van der Waals surface area contributed by atoms with Crippen LogP contribution in [0.3, 0.4) is 0 Å². The Morgan fingerprint density at radius 3 is 1.29 bits per heavy atom. The van der Waals surface area contributed by atoms with Crippen LogP contribution >= 0.6 is 69.6 Å². The Labute approximate surface area is 398 Å². The SMILES string of the molecule is CC(C)(C)c1cc2c(cc1C(C)(C)C)-c1cc(C(C)(C)C)c(C(C)(C)C)[c]([Zr+2](=[C](c3ccc(C(Cl)(Cl)Cl)cc3)c3ccc(C(Cl)(Cl)Cl)cc3)[CH]3C=CC=C3)c1C2.[Cl-].[Cl-]. The van der Waals surface area contributed by atoms with Gasteiger partial charge in [0.2, 0.25) is 0 Å². The quantitative estimate of drug-likeness (QED) is 0.158. The van der Waals surface area contributed by atoms with Gasteiger partial charge in [-0.15, -0.1) is 0 Å². The fourth-order valence-electron chi connectivity index (χ4n) is 8.50. The van der Waals surface area contributed by atoms with E-state index >= 15 is 0 Å². The molecule has 4 aromatic carbocycles. The van der Waals surface area contributed by atoms with Gasteiger partial charge in [-0.3, -0.25) is 0 Å². The van der Waals surface area contributed by atoms with E-state index in [9.17, 15) is 0 Å². The average Bonchev–Trinajstić information content (AvgIpc) is 3.72. The third kappa shape index (κ3) is 10.3. The van der Waals surface area contributed by atoms with Crippen molar-refractivity contribution in [3.05, 3.63) is 147 Å². The van der Waals surface area contributed by atoms with Gasteiger partial charge in [-0.2, -0.15) is 0 Å². The minimum absolute atomic E-state index is 0. The van der Waals surface area contributed by atoms with E-state index in [1.165, 1.54) is 47.7 Å². The molecule has 0 aliphatic heterocycles. The molecule has 0 unspecified atom stereocenters. The number of fused-ring (bicyclic) bond motifs is 3. The molecule has 58 heavy (non-hydrogen) atoms. The Hall–Kier alpha value is -0.567. The summed E-state index contributed by atoms with van der Waals surface area (Å²) >= 11 is 35.4. The van der Waals surface area contributed by atoms with Gasteiger partial charge in [0.05, 0.1) is 0 Å². The molecule has 0 amide bonds. The summed E-state index contributed by atoms with van der Waals surface area (Å²) in [6.45, 7) is 28.4. The molecule has 9 heteroatoms. The normalized spacial score (nSPS) is 14.4. The van der Waals surface area contributed by atoms with Crippen molar-refractivity contribution in [3.8, 4) is 11.1 Å². The molecule has 2 aliphatic rings. The van der Waals surface area contributed by atoms with Crippen LogP contribution in [0.15, 0.2) is 91.0 Å². The van der Waals surface area contributed by atoms with Gasteiger partial charge in [-0.05, 0) is 0 Å². The molecule has 310 valence electrons. The molecular weight excluding hydrogens is 963 g/mol. The summed E-state index contributed by atoms with van der Waals surface area (Å²) in [6, 6.07) is 24.0. The van der Waals surface area contributed by atoms with E-state index in [0.29, 0.717) is 11.1 Å². The zero-order chi connectivity index (χ0) is 41.6. The molecule has 0 saturated heterocycles. The molecule has 2 aliphatic carbocycles. The Morgan fingerprint density at radius 2 is 0.914 bits per heavy atom. The summed E-state index contributed by atoms with van der Waals surface area (Å²) in [5.74, 6) is 0. The second-order valence-corrected chi connectivity index (χ2v) is 30.4. The molecule has 0 atom stereocenters. The van der Waals surface area contributed by atoms with Crippen LogP contribution in [0.2, 0.25) is 3.63 Å². The molecule has 0 aromatic heterocycles. The molecule has 0 N–H and O–H groups in total. The van der Waals surface area contributed by atoms with Crippen molar-refractivity contribution in [2.75, 3.05) is 0 Å². The van der Waals surface area contributed by atoms with Gasteiger partial charge in [0.1, 0.15) is 0 Å². The monoisotopic (exact) mass is 1010 g/mol. The Kier molecular flexibility index (Phi) is 15.1. The zero-order valence-corrected chi connectivity index (χ0v) is 44.0. The number of allylic oxidation sites excluding steroid dienone is 4. The summed E-state index contributed by atoms with van der Waals surface area (Å²) in [5.41, 5.74) is 14.7. The van der Waals surface area contributed by atoms with Gasteiger partial charge in [0, 0.05) is 0 Å². The minimum atomic E-state index is -3.20. The van der Waals surface area contributed by atoms with Gasteiger partial charge in [-0.1, -0.05) is 0 Å². The van der Waals surface area contributed by atoms with Crippen molar-refractivity contribution >= 4 is 76.1 Å². The van der Waals surface area contributed by atoms with E-state index in [1.807, 2.05) is 24.3 Å². The van der Waals surface area contributed by atoms with E-state index < -0.39 is 28.9 Å². The molecule has 0 bridgehead atoms. The van der Waals surface area contributed by atoms with Crippen molar-refractivity contribution in [2.45, 2.75) is 122 Å². The Balaban J connectivity index is 0.00000372. The number of alkyl halides is 6. The van der Waals surface area contributed by atoms with Crippen LogP contribution in [-0.4, -0.2) is 3.21 Å². The average molecular weight is 1020 g/mol. The minimum Gasteiger partial charge on any atom is -1.00 e. The van der Waals surface area contributed by atoms with Crippen LogP contribution in [0.5, 0.6) is 0 Å². The van der Waals surface area contributed by atoms with E-state index in [-0.39, 0.29) is 50.1 Å². The van der Waals surface area contributed by atoms with Gasteiger partial charge in [-0.25, -0.2) is 0 Å². The molecule has 0 fully saturated rings. The van der Waals surface area contributed by atoms with Gasteiger partial charge in [0.25, 0.3) is 0 Å². The smallest absolute Gasteiger partial charge is 1.00 e. The van der Waals surface area contributed by atoms with Gasteiger partial charge in [0.15, 0.2) is 0 Å². The topological polar surface area (TPSA) is 0 Å². The summed E-state index contributed by atoms with van der Waals surface area (Å²) < 4.78 is 0.135. The predicted molar refractivity (Wildman–Crippen MR) is 246 cm³/mol. The maximum atomic E-state index is 6.43. The zero-order valence-electron chi connectivity index (χ0n) is 35.5. The van der Waals surface area contributed by atoms with Crippen LogP contribution in [-0.2, 0) is 56.9 Å². The van der Waals surface area contributed by atoms with E-state index in [4.69, 9.17) is 69.6 Å². The molecule has 0 saturated carbocycles. The standard InChI is InChI=1S/C29H41.C15H8Cl6.C5H5.2ClH.Zr/c1-26(2,3)22-14-18-13-19-15-23(27(4,5)6)25(29(10,11)12)17-21(19)20(18)16-24(22)28(7,8)9;16-14(17,18)12-5-1-10(2-6-12)9-11-3-7-13(8-4-11)15(19,20)21;1-2-4-5-3-1;;;/h14,16-17H,13H2,1-12H3;1-8H;1-5H;2*1H;/q;;;;;+2/p-2. The number of hydrogen-bond acceptors (Lipinski definition) is 0. The van der Waals surface area contributed by atoms with Crippen LogP contribution in [0.25, 0.3) is 11.1 Å². The largest absolute Gasteiger partial charge is 1.00 e. The van der Waals surface area contributed by atoms with Gasteiger partial charge < -0.3 is 24.8 Å². The van der Waals surface area contributed by atoms with E-state index in [0.717, 1.165) is 17.5 Å². The Morgan fingerprint density at radius 1 is 0.517 bits per heavy atom. The van der Waals surface area contributed by atoms with Crippen molar-refractivity contribution in [2.24, 2.45) is 0 Å². The van der Waals surface area contributed by atoms with Crippen molar-refractivity contribution in [3.63, 3.8) is 0 Å². The van der Waals surface area contributed by atoms with E-state index in [1.54, 1.807) is 3.27 Å². The van der Waals surface area contributed by atoms with Crippen molar-refractivity contribution < 1.29 is 46.1 Å². The van der Waals surface area contributed by atoms with E-state index in [2.05, 4.69) is 150 Å². The first-order valence-electron chi connectivity index (χ1n) is 19.4. The van der Waals surface area contributed by atoms with Crippen LogP contribution in [0.1, 0.15) is 139 Å². The number of benzene rings is 4. The Bertz CT molecular complexity index is 2180. The summed E-state index contributed by atoms with van der Waals surface area (Å²) in [4.78, 5) is 0. The molecule has 6 rings (SSSR count).